The maximum absolute atomic E-state index is 4.18. The first-order valence-electron chi connectivity index (χ1n) is 4.30. The van der Waals surface area contributed by atoms with Crippen molar-refractivity contribution in [3.05, 3.63) is 32.7 Å². The van der Waals surface area contributed by atoms with Gasteiger partial charge in [0.2, 0.25) is 0 Å². The molecule has 2 aromatic heterocycles. The lowest BCUT2D eigenvalue weighted by Crippen LogP contribution is -1.73. The molecular formula is C10H5IN2S2. The van der Waals surface area contributed by atoms with Gasteiger partial charge in [-0.05, 0) is 28.7 Å². The lowest BCUT2D eigenvalue weighted by Gasteiger charge is -1.91. The zero-order valence-corrected chi connectivity index (χ0v) is 11.3. The number of halogens is 1. The molecule has 15 heavy (non-hydrogen) atoms. The Morgan fingerprint density at radius 3 is 2.80 bits per heavy atom. The molecule has 0 unspecified atom stereocenters. The largest absolute Gasteiger partial charge is 0.178 e. The third-order valence-corrected chi connectivity index (χ3v) is 4.70. The maximum Gasteiger partial charge on any atom is 0.178 e. The topological polar surface area (TPSA) is 25.8 Å². The van der Waals surface area contributed by atoms with Crippen LogP contribution in [0.2, 0.25) is 0 Å². The van der Waals surface area contributed by atoms with E-state index >= 15 is 0 Å². The van der Waals surface area contributed by atoms with Crippen molar-refractivity contribution in [1.82, 2.24) is 10.2 Å². The van der Waals surface area contributed by atoms with Crippen molar-refractivity contribution in [2.24, 2.45) is 0 Å². The molecule has 0 saturated heterocycles. The second kappa shape index (κ2) is 3.80. The second-order valence-corrected chi connectivity index (χ2v) is 6.65. The molecule has 0 aliphatic heterocycles. The third-order valence-electron chi connectivity index (χ3n) is 2.11. The molecule has 74 valence electrons. The number of rotatable bonds is 1. The molecule has 2 heterocycles. The van der Waals surface area contributed by atoms with Crippen LogP contribution >= 0.6 is 45.3 Å². The van der Waals surface area contributed by atoms with E-state index in [0.717, 1.165) is 8.02 Å². The van der Waals surface area contributed by atoms with E-state index in [1.54, 1.807) is 22.7 Å². The summed E-state index contributed by atoms with van der Waals surface area (Å²) >= 11 is 5.58. The van der Waals surface area contributed by atoms with Gasteiger partial charge >= 0.3 is 0 Å². The molecule has 0 fully saturated rings. The number of thiophene rings is 1. The molecule has 0 bridgehead atoms. The molecule has 0 aliphatic carbocycles. The normalized spacial score (nSPS) is 11.0. The Bertz CT molecular complexity index is 614. The SMILES string of the molecule is Ic1nnc(-c2csc3ccccc23)s1. The third kappa shape index (κ3) is 1.68. The van der Waals surface area contributed by atoms with Crippen molar-refractivity contribution in [1.29, 1.82) is 0 Å². The predicted molar refractivity (Wildman–Crippen MR) is 73.4 cm³/mol. The van der Waals surface area contributed by atoms with Crippen molar-refractivity contribution in [2.75, 3.05) is 0 Å². The first-order valence-corrected chi connectivity index (χ1v) is 7.08. The number of aromatic nitrogens is 2. The highest BCUT2D eigenvalue weighted by atomic mass is 127. The number of nitrogens with zero attached hydrogens (tertiary/aromatic N) is 2. The smallest absolute Gasteiger partial charge is 0.143 e. The van der Waals surface area contributed by atoms with E-state index in [4.69, 9.17) is 0 Å². The van der Waals surface area contributed by atoms with Crippen molar-refractivity contribution in [3.63, 3.8) is 0 Å². The fourth-order valence-electron chi connectivity index (χ4n) is 1.46. The van der Waals surface area contributed by atoms with E-state index in [9.17, 15) is 0 Å². The predicted octanol–water partition coefficient (Wildman–Crippen LogP) is 4.02. The minimum Gasteiger partial charge on any atom is -0.143 e. The standard InChI is InChI=1S/C10H5IN2S2/c11-10-13-12-9(15-10)7-5-14-8-4-2-1-3-6(7)8/h1-5H. The van der Waals surface area contributed by atoms with Crippen LogP contribution in [0.4, 0.5) is 0 Å². The molecular weight excluding hydrogens is 339 g/mol. The zero-order valence-electron chi connectivity index (χ0n) is 7.48. The van der Waals surface area contributed by atoms with Crippen LogP contribution in [0.1, 0.15) is 0 Å². The molecule has 3 rings (SSSR count). The lowest BCUT2D eigenvalue weighted by molar-refractivity contribution is 1.07. The quantitative estimate of drug-likeness (QED) is 0.623. The Morgan fingerprint density at radius 2 is 2.00 bits per heavy atom. The van der Waals surface area contributed by atoms with E-state index in [1.807, 2.05) is 0 Å². The van der Waals surface area contributed by atoms with Crippen molar-refractivity contribution >= 4 is 55.4 Å². The van der Waals surface area contributed by atoms with Crippen LogP contribution in [0.3, 0.4) is 0 Å². The molecule has 0 amide bonds. The van der Waals surface area contributed by atoms with Crippen molar-refractivity contribution in [3.8, 4) is 10.6 Å². The highest BCUT2D eigenvalue weighted by Crippen LogP contribution is 2.35. The average Bonchev–Trinajstić information content (AvgIpc) is 2.83. The first-order chi connectivity index (χ1) is 7.34. The van der Waals surface area contributed by atoms with Gasteiger partial charge in [-0.2, -0.15) is 0 Å². The minimum atomic E-state index is 0.984. The summed E-state index contributed by atoms with van der Waals surface area (Å²) in [6, 6.07) is 8.39. The molecule has 0 aliphatic rings. The maximum atomic E-state index is 4.18. The van der Waals surface area contributed by atoms with Crippen LogP contribution < -0.4 is 0 Å². The zero-order chi connectivity index (χ0) is 10.3. The lowest BCUT2D eigenvalue weighted by atomic mass is 10.2. The Labute approximate surface area is 108 Å². The molecule has 0 spiro atoms. The van der Waals surface area contributed by atoms with Gasteiger partial charge in [-0.25, -0.2) is 0 Å². The van der Waals surface area contributed by atoms with Crippen molar-refractivity contribution < 1.29 is 0 Å². The fourth-order valence-corrected chi connectivity index (χ4v) is 3.81. The van der Waals surface area contributed by atoms with Gasteiger partial charge in [-0.3, -0.25) is 0 Å². The first kappa shape index (κ1) is 9.68. The molecule has 0 atom stereocenters. The van der Waals surface area contributed by atoms with Crippen LogP contribution in [0.25, 0.3) is 20.7 Å². The molecule has 3 aromatic rings. The Morgan fingerprint density at radius 1 is 1.13 bits per heavy atom. The number of benzene rings is 1. The number of hydrogen-bond donors (Lipinski definition) is 0. The van der Waals surface area contributed by atoms with Crippen LogP contribution in [-0.4, -0.2) is 10.2 Å². The fraction of sp³-hybridized carbons (Fsp3) is 0. The Hall–Kier alpha value is -0.530. The minimum absolute atomic E-state index is 0.984. The highest BCUT2D eigenvalue weighted by molar-refractivity contribution is 14.1. The van der Waals surface area contributed by atoms with Crippen LogP contribution in [-0.2, 0) is 0 Å². The van der Waals surface area contributed by atoms with E-state index < -0.39 is 0 Å². The molecule has 2 nitrogen and oxygen atoms in total. The van der Waals surface area contributed by atoms with E-state index in [-0.39, 0.29) is 0 Å². The summed E-state index contributed by atoms with van der Waals surface area (Å²) in [7, 11) is 0. The van der Waals surface area contributed by atoms with Gasteiger partial charge in [0.05, 0.1) is 0 Å². The van der Waals surface area contributed by atoms with E-state index in [2.05, 4.69) is 62.4 Å². The number of hydrogen-bond acceptors (Lipinski definition) is 4. The Balaban J connectivity index is 2.27. The summed E-state index contributed by atoms with van der Waals surface area (Å²) in [4.78, 5) is 0. The van der Waals surface area contributed by atoms with Crippen LogP contribution in [0.15, 0.2) is 29.6 Å². The summed E-state index contributed by atoms with van der Waals surface area (Å²) in [5.41, 5.74) is 1.20. The summed E-state index contributed by atoms with van der Waals surface area (Å²) in [5, 5.41) is 12.7. The summed E-state index contributed by atoms with van der Waals surface area (Å²) in [6.45, 7) is 0. The van der Waals surface area contributed by atoms with E-state index in [0.29, 0.717) is 0 Å². The van der Waals surface area contributed by atoms with E-state index in [1.165, 1.54) is 15.6 Å². The van der Waals surface area contributed by atoms with Crippen LogP contribution in [0.5, 0.6) is 0 Å². The molecule has 0 radical (unpaired) electrons. The van der Waals surface area contributed by atoms with Gasteiger partial charge in [0.15, 0.2) is 3.01 Å². The second-order valence-electron chi connectivity index (χ2n) is 3.01. The summed E-state index contributed by atoms with van der Waals surface area (Å²) < 4.78 is 2.29. The monoisotopic (exact) mass is 344 g/mol. The van der Waals surface area contributed by atoms with Crippen LogP contribution in [0, 0.1) is 3.01 Å². The highest BCUT2D eigenvalue weighted by Gasteiger charge is 2.09. The van der Waals surface area contributed by atoms with Gasteiger partial charge < -0.3 is 0 Å². The van der Waals surface area contributed by atoms with Gasteiger partial charge in [-0.15, -0.1) is 21.5 Å². The Kier molecular flexibility index (Phi) is 2.45. The van der Waals surface area contributed by atoms with Gasteiger partial charge in [0, 0.05) is 21.0 Å². The average molecular weight is 344 g/mol. The van der Waals surface area contributed by atoms with Gasteiger partial charge in [0.25, 0.3) is 0 Å². The molecule has 0 saturated carbocycles. The molecule has 1 aromatic carbocycles. The van der Waals surface area contributed by atoms with Gasteiger partial charge in [-0.1, -0.05) is 29.5 Å². The van der Waals surface area contributed by atoms with Crippen molar-refractivity contribution in [2.45, 2.75) is 0 Å². The van der Waals surface area contributed by atoms with Gasteiger partial charge in [0.1, 0.15) is 5.01 Å². The molecule has 0 N–H and O–H groups in total. The number of fused-ring (bicyclic) bond motifs is 1. The molecule has 5 heteroatoms. The summed E-state index contributed by atoms with van der Waals surface area (Å²) in [5.74, 6) is 0. The summed E-state index contributed by atoms with van der Waals surface area (Å²) in [6.07, 6.45) is 0.